The molecule has 0 aliphatic carbocycles. The number of nitrogens with zero attached hydrogens (tertiary/aromatic N) is 5. The van der Waals surface area contributed by atoms with E-state index in [2.05, 4.69) is 25.4 Å². The van der Waals surface area contributed by atoms with Crippen molar-refractivity contribution in [2.45, 2.75) is 50.8 Å². The maximum Gasteiger partial charge on any atom is 0.253 e. The van der Waals surface area contributed by atoms with Crippen molar-refractivity contribution in [1.29, 1.82) is 0 Å². The van der Waals surface area contributed by atoms with Gasteiger partial charge in [-0.2, -0.15) is 0 Å². The van der Waals surface area contributed by atoms with Crippen LogP contribution in [0.1, 0.15) is 49.5 Å². The molecule has 3 aromatic rings. The van der Waals surface area contributed by atoms with E-state index in [1.807, 2.05) is 22.9 Å². The van der Waals surface area contributed by atoms with Crippen LogP contribution in [0.2, 0.25) is 0 Å². The molecular formula is C23H28N6O4. The Bertz CT molecular complexity index is 1200. The number of H-pyrrole nitrogens is 1. The average molecular weight is 453 g/mol. The lowest BCUT2D eigenvalue weighted by Gasteiger charge is -2.33. The monoisotopic (exact) mass is 452 g/mol. The third-order valence-electron chi connectivity index (χ3n) is 6.79. The molecule has 0 spiro atoms. The minimum atomic E-state index is -0.331. The minimum absolute atomic E-state index is 0.104. The second kappa shape index (κ2) is 8.75. The summed E-state index contributed by atoms with van der Waals surface area (Å²) in [5, 5.41) is 13.6. The highest BCUT2D eigenvalue weighted by Gasteiger charge is 2.32. The molecule has 174 valence electrons. The van der Waals surface area contributed by atoms with Gasteiger partial charge in [0.2, 0.25) is 0 Å². The average Bonchev–Trinajstić information content (AvgIpc) is 3.52. The van der Waals surface area contributed by atoms with Crippen LogP contribution < -0.4 is 15.0 Å². The van der Waals surface area contributed by atoms with Gasteiger partial charge < -0.3 is 19.2 Å². The van der Waals surface area contributed by atoms with Crippen molar-refractivity contribution in [3.05, 3.63) is 39.9 Å². The SMILES string of the molecule is O=c1[nH]c2cc3c(cc2cc1C(c1nnnn1CC1CCCO1)N1CCCCC1)OCCO3. The Labute approximate surface area is 190 Å². The molecular weight excluding hydrogens is 424 g/mol. The number of aromatic amines is 1. The van der Waals surface area contributed by atoms with Gasteiger partial charge in [0.1, 0.15) is 19.3 Å². The summed E-state index contributed by atoms with van der Waals surface area (Å²) >= 11 is 0. The highest BCUT2D eigenvalue weighted by atomic mass is 16.6. The zero-order chi connectivity index (χ0) is 22.2. The van der Waals surface area contributed by atoms with E-state index in [1.165, 1.54) is 6.42 Å². The van der Waals surface area contributed by atoms with Gasteiger partial charge >= 0.3 is 0 Å². The van der Waals surface area contributed by atoms with E-state index in [4.69, 9.17) is 14.2 Å². The van der Waals surface area contributed by atoms with Crippen LogP contribution in [-0.2, 0) is 11.3 Å². The third-order valence-corrected chi connectivity index (χ3v) is 6.79. The lowest BCUT2D eigenvalue weighted by molar-refractivity contribution is 0.0902. The Balaban J connectivity index is 1.44. The van der Waals surface area contributed by atoms with Gasteiger partial charge in [-0.15, -0.1) is 5.10 Å². The normalized spacial score (nSPS) is 22.0. The molecule has 1 aromatic carbocycles. The van der Waals surface area contributed by atoms with E-state index in [-0.39, 0.29) is 17.7 Å². The molecule has 1 N–H and O–H groups in total. The fourth-order valence-electron chi connectivity index (χ4n) is 5.16. The summed E-state index contributed by atoms with van der Waals surface area (Å²) in [6.45, 7) is 4.19. The van der Waals surface area contributed by atoms with Crippen molar-refractivity contribution in [3.8, 4) is 11.5 Å². The van der Waals surface area contributed by atoms with Crippen LogP contribution in [-0.4, -0.2) is 69.1 Å². The van der Waals surface area contributed by atoms with Gasteiger partial charge in [0.25, 0.3) is 5.56 Å². The molecule has 6 rings (SSSR count). The van der Waals surface area contributed by atoms with Crippen molar-refractivity contribution in [3.63, 3.8) is 0 Å². The molecule has 2 saturated heterocycles. The number of tetrazole rings is 1. The third kappa shape index (κ3) is 3.97. The molecule has 10 nitrogen and oxygen atoms in total. The highest BCUT2D eigenvalue weighted by Crippen LogP contribution is 2.35. The summed E-state index contributed by atoms with van der Waals surface area (Å²) < 4.78 is 19.1. The fourth-order valence-corrected chi connectivity index (χ4v) is 5.16. The number of nitrogens with one attached hydrogen (secondary N) is 1. The van der Waals surface area contributed by atoms with E-state index >= 15 is 0 Å². The van der Waals surface area contributed by atoms with Crippen LogP contribution in [0, 0.1) is 0 Å². The molecule has 0 bridgehead atoms. The Morgan fingerprint density at radius 2 is 1.85 bits per heavy atom. The Hall–Kier alpha value is -2.98. The molecule has 0 amide bonds. The summed E-state index contributed by atoms with van der Waals surface area (Å²) in [5.41, 5.74) is 1.23. The maximum atomic E-state index is 13.4. The topological polar surface area (TPSA) is 107 Å². The molecule has 3 aliphatic heterocycles. The standard InChI is InChI=1S/C23H28N6O4/c30-23-17(11-15-12-19-20(13-18(15)24-23)33-10-9-32-19)21(28-6-2-1-3-7-28)22-25-26-27-29(22)14-16-5-4-8-31-16/h11-13,16,21H,1-10,14H2,(H,24,30). The summed E-state index contributed by atoms with van der Waals surface area (Å²) in [6.07, 6.45) is 5.53. The lowest BCUT2D eigenvalue weighted by atomic mass is 10.00. The van der Waals surface area contributed by atoms with Crippen molar-refractivity contribution < 1.29 is 14.2 Å². The Kier molecular flexibility index (Phi) is 5.47. The zero-order valence-electron chi connectivity index (χ0n) is 18.5. The van der Waals surface area contributed by atoms with Crippen LogP contribution in [0.4, 0.5) is 0 Å². The number of fused-ring (bicyclic) bond motifs is 2. The van der Waals surface area contributed by atoms with Gasteiger partial charge in [-0.05, 0) is 61.3 Å². The van der Waals surface area contributed by atoms with Gasteiger partial charge in [-0.3, -0.25) is 9.69 Å². The Morgan fingerprint density at radius 3 is 2.64 bits per heavy atom. The quantitative estimate of drug-likeness (QED) is 0.627. The lowest BCUT2D eigenvalue weighted by Crippen LogP contribution is -2.39. The molecule has 2 atom stereocenters. The van der Waals surface area contributed by atoms with Crippen LogP contribution in [0.3, 0.4) is 0 Å². The smallest absolute Gasteiger partial charge is 0.253 e. The Morgan fingerprint density at radius 1 is 1.03 bits per heavy atom. The van der Waals surface area contributed by atoms with Gasteiger partial charge in [0.15, 0.2) is 17.3 Å². The van der Waals surface area contributed by atoms with Crippen molar-refractivity contribution >= 4 is 10.9 Å². The molecule has 3 aliphatic rings. The van der Waals surface area contributed by atoms with E-state index in [0.29, 0.717) is 42.6 Å². The molecule has 10 heteroatoms. The van der Waals surface area contributed by atoms with Crippen LogP contribution in [0.5, 0.6) is 11.5 Å². The van der Waals surface area contributed by atoms with Gasteiger partial charge in [-0.25, -0.2) is 4.68 Å². The highest BCUT2D eigenvalue weighted by molar-refractivity contribution is 5.83. The van der Waals surface area contributed by atoms with Gasteiger partial charge in [-0.1, -0.05) is 6.42 Å². The fraction of sp³-hybridized carbons (Fsp3) is 0.565. The van der Waals surface area contributed by atoms with Crippen LogP contribution in [0.15, 0.2) is 23.0 Å². The van der Waals surface area contributed by atoms with Gasteiger partial charge in [0, 0.05) is 23.6 Å². The first kappa shape index (κ1) is 20.6. The number of hydrogen-bond acceptors (Lipinski definition) is 8. The van der Waals surface area contributed by atoms with Crippen LogP contribution in [0.25, 0.3) is 10.9 Å². The molecule has 2 aromatic heterocycles. The zero-order valence-corrected chi connectivity index (χ0v) is 18.5. The number of hydrogen-bond donors (Lipinski definition) is 1. The first-order valence-corrected chi connectivity index (χ1v) is 11.8. The number of likely N-dealkylation sites (tertiary alicyclic amines) is 1. The predicted octanol–water partition coefficient (Wildman–Crippen LogP) is 2.04. The number of aromatic nitrogens is 5. The minimum Gasteiger partial charge on any atom is -0.486 e. The van der Waals surface area contributed by atoms with Crippen LogP contribution >= 0.6 is 0 Å². The molecule has 33 heavy (non-hydrogen) atoms. The number of rotatable bonds is 5. The first-order valence-electron chi connectivity index (χ1n) is 11.8. The second-order valence-electron chi connectivity index (χ2n) is 8.99. The number of benzene rings is 1. The summed E-state index contributed by atoms with van der Waals surface area (Å²) in [6, 6.07) is 5.40. The number of piperidine rings is 1. The van der Waals surface area contributed by atoms with E-state index < -0.39 is 0 Å². The second-order valence-corrected chi connectivity index (χ2v) is 8.99. The summed E-state index contributed by atoms with van der Waals surface area (Å²) in [5.74, 6) is 2.05. The number of ether oxygens (including phenoxy) is 3. The van der Waals surface area contributed by atoms with E-state index in [1.54, 1.807) is 0 Å². The van der Waals surface area contributed by atoms with Crippen molar-refractivity contribution in [2.24, 2.45) is 0 Å². The first-order chi connectivity index (χ1) is 16.3. The molecule has 2 unspecified atom stereocenters. The molecule has 5 heterocycles. The molecule has 0 radical (unpaired) electrons. The molecule has 2 fully saturated rings. The van der Waals surface area contributed by atoms with Crippen molar-refractivity contribution in [1.82, 2.24) is 30.1 Å². The van der Waals surface area contributed by atoms with Crippen molar-refractivity contribution in [2.75, 3.05) is 32.9 Å². The predicted molar refractivity (Wildman–Crippen MR) is 120 cm³/mol. The summed E-state index contributed by atoms with van der Waals surface area (Å²) in [4.78, 5) is 18.8. The van der Waals surface area contributed by atoms with Gasteiger partial charge in [0.05, 0.1) is 18.2 Å². The molecule has 0 saturated carbocycles. The maximum absolute atomic E-state index is 13.4. The van der Waals surface area contributed by atoms with E-state index in [0.717, 1.165) is 56.3 Å². The van der Waals surface area contributed by atoms with E-state index in [9.17, 15) is 4.79 Å². The number of pyridine rings is 1. The summed E-state index contributed by atoms with van der Waals surface area (Å²) in [7, 11) is 0. The largest absolute Gasteiger partial charge is 0.486 e.